The third kappa shape index (κ3) is 5.15. The van der Waals surface area contributed by atoms with Gasteiger partial charge in [-0.1, -0.05) is 91.0 Å². The standard InChI is InChI=1S/C24H23NO3/c1-18(26)22(24(27)28-17-19-11-5-2-6-12-19)25-23(20-13-7-3-8-14-20)21-15-9-4-10-16-21/h2-16,18,22,26H,17H2,1H3/t18-,22+/m1/s1. The molecule has 0 aliphatic heterocycles. The zero-order chi connectivity index (χ0) is 19.8. The van der Waals surface area contributed by atoms with Crippen LogP contribution in [-0.4, -0.2) is 28.9 Å². The monoisotopic (exact) mass is 373 g/mol. The lowest BCUT2D eigenvalue weighted by Crippen LogP contribution is -2.33. The van der Waals surface area contributed by atoms with E-state index >= 15 is 0 Å². The van der Waals surface area contributed by atoms with Crippen LogP contribution in [0.5, 0.6) is 0 Å². The first kappa shape index (κ1) is 19.5. The van der Waals surface area contributed by atoms with E-state index in [1.165, 1.54) is 0 Å². The summed E-state index contributed by atoms with van der Waals surface area (Å²) in [6.45, 7) is 1.69. The molecule has 0 fully saturated rings. The number of hydrogen-bond acceptors (Lipinski definition) is 4. The second-order valence-electron chi connectivity index (χ2n) is 6.49. The fourth-order valence-electron chi connectivity index (χ4n) is 2.82. The normalized spacial score (nSPS) is 12.6. The average molecular weight is 373 g/mol. The highest BCUT2D eigenvalue weighted by Gasteiger charge is 2.26. The van der Waals surface area contributed by atoms with Crippen molar-refractivity contribution < 1.29 is 14.6 Å². The first-order valence-electron chi connectivity index (χ1n) is 9.22. The van der Waals surface area contributed by atoms with Crippen molar-refractivity contribution >= 4 is 11.7 Å². The van der Waals surface area contributed by atoms with Crippen LogP contribution < -0.4 is 0 Å². The minimum absolute atomic E-state index is 0.143. The van der Waals surface area contributed by atoms with Gasteiger partial charge in [-0.05, 0) is 12.5 Å². The number of aliphatic hydroxyl groups is 1. The van der Waals surface area contributed by atoms with Crippen LogP contribution in [0.1, 0.15) is 23.6 Å². The van der Waals surface area contributed by atoms with Gasteiger partial charge in [0.05, 0.1) is 11.8 Å². The van der Waals surface area contributed by atoms with E-state index in [2.05, 4.69) is 4.99 Å². The van der Waals surface area contributed by atoms with Crippen LogP contribution in [0.15, 0.2) is 96.0 Å². The zero-order valence-electron chi connectivity index (χ0n) is 15.7. The Kier molecular flexibility index (Phi) is 6.71. The molecule has 0 saturated carbocycles. The van der Waals surface area contributed by atoms with E-state index in [1.807, 2.05) is 91.0 Å². The van der Waals surface area contributed by atoms with Gasteiger partial charge < -0.3 is 9.84 Å². The molecule has 0 aliphatic carbocycles. The summed E-state index contributed by atoms with van der Waals surface area (Å²) < 4.78 is 5.42. The van der Waals surface area contributed by atoms with E-state index in [1.54, 1.807) is 6.92 Å². The van der Waals surface area contributed by atoms with Crippen LogP contribution in [0.4, 0.5) is 0 Å². The van der Waals surface area contributed by atoms with Gasteiger partial charge in [-0.2, -0.15) is 0 Å². The van der Waals surface area contributed by atoms with E-state index in [-0.39, 0.29) is 6.61 Å². The molecule has 1 N–H and O–H groups in total. The molecular weight excluding hydrogens is 350 g/mol. The molecule has 0 amide bonds. The molecule has 0 bridgehead atoms. The van der Waals surface area contributed by atoms with Crippen LogP contribution in [0.2, 0.25) is 0 Å². The van der Waals surface area contributed by atoms with E-state index in [4.69, 9.17) is 4.74 Å². The van der Waals surface area contributed by atoms with E-state index in [0.29, 0.717) is 5.71 Å². The minimum Gasteiger partial charge on any atom is -0.459 e. The topological polar surface area (TPSA) is 58.9 Å². The number of rotatable bonds is 7. The maximum Gasteiger partial charge on any atom is 0.333 e. The third-order valence-electron chi connectivity index (χ3n) is 4.28. The lowest BCUT2D eigenvalue weighted by atomic mass is 10.0. The van der Waals surface area contributed by atoms with Gasteiger partial charge in [-0.25, -0.2) is 4.79 Å². The number of aliphatic hydroxyl groups excluding tert-OH is 1. The Balaban J connectivity index is 1.89. The molecule has 0 heterocycles. The third-order valence-corrected chi connectivity index (χ3v) is 4.28. The van der Waals surface area contributed by atoms with Crippen LogP contribution in [-0.2, 0) is 16.1 Å². The summed E-state index contributed by atoms with van der Waals surface area (Å²) in [5.74, 6) is -0.553. The predicted molar refractivity (Wildman–Crippen MR) is 110 cm³/mol. The summed E-state index contributed by atoms with van der Waals surface area (Å²) in [5.41, 5.74) is 3.27. The van der Waals surface area contributed by atoms with Crippen LogP contribution in [0, 0.1) is 0 Å². The predicted octanol–water partition coefficient (Wildman–Crippen LogP) is 4.02. The number of carbonyl (C=O) groups is 1. The van der Waals surface area contributed by atoms with Crippen molar-refractivity contribution in [2.45, 2.75) is 25.7 Å². The molecule has 3 aromatic rings. The van der Waals surface area contributed by atoms with Crippen molar-refractivity contribution in [3.8, 4) is 0 Å². The summed E-state index contributed by atoms with van der Waals surface area (Å²) >= 11 is 0. The molecule has 3 rings (SSSR count). The second-order valence-corrected chi connectivity index (χ2v) is 6.49. The van der Waals surface area contributed by atoms with Crippen molar-refractivity contribution in [3.63, 3.8) is 0 Å². The molecule has 0 spiro atoms. The summed E-state index contributed by atoms with van der Waals surface area (Å²) in [4.78, 5) is 17.3. The Hall–Kier alpha value is -3.24. The van der Waals surface area contributed by atoms with Crippen LogP contribution >= 0.6 is 0 Å². The highest BCUT2D eigenvalue weighted by molar-refractivity contribution is 6.13. The molecule has 28 heavy (non-hydrogen) atoms. The number of benzene rings is 3. The molecule has 0 aliphatic rings. The molecule has 3 aromatic carbocycles. The van der Waals surface area contributed by atoms with Gasteiger partial charge in [-0.15, -0.1) is 0 Å². The molecule has 0 unspecified atom stereocenters. The number of hydrogen-bond donors (Lipinski definition) is 1. The Labute approximate surface area is 165 Å². The van der Waals surface area contributed by atoms with Gasteiger partial charge in [0.1, 0.15) is 6.61 Å². The molecule has 2 atom stereocenters. The van der Waals surface area contributed by atoms with Crippen molar-refractivity contribution in [1.29, 1.82) is 0 Å². The largest absolute Gasteiger partial charge is 0.459 e. The second kappa shape index (κ2) is 9.62. The highest BCUT2D eigenvalue weighted by Crippen LogP contribution is 2.15. The molecule has 4 nitrogen and oxygen atoms in total. The quantitative estimate of drug-likeness (QED) is 0.503. The summed E-state index contributed by atoms with van der Waals surface area (Å²) in [6, 6.07) is 27.7. The van der Waals surface area contributed by atoms with Gasteiger partial charge in [-0.3, -0.25) is 4.99 Å². The maximum atomic E-state index is 12.7. The zero-order valence-corrected chi connectivity index (χ0v) is 15.7. The summed E-state index contributed by atoms with van der Waals surface area (Å²) in [5, 5.41) is 10.2. The number of carbonyl (C=O) groups excluding carboxylic acids is 1. The Bertz CT molecular complexity index is 865. The smallest absolute Gasteiger partial charge is 0.333 e. The maximum absolute atomic E-state index is 12.7. The van der Waals surface area contributed by atoms with Gasteiger partial charge >= 0.3 is 5.97 Å². The van der Waals surface area contributed by atoms with Crippen LogP contribution in [0.25, 0.3) is 0 Å². The lowest BCUT2D eigenvalue weighted by molar-refractivity contribution is -0.148. The molecule has 0 radical (unpaired) electrons. The van der Waals surface area contributed by atoms with E-state index < -0.39 is 18.1 Å². The Morgan fingerprint density at radius 3 is 1.79 bits per heavy atom. The first-order valence-corrected chi connectivity index (χ1v) is 9.22. The molecular formula is C24H23NO3. The van der Waals surface area contributed by atoms with Gasteiger partial charge in [0.2, 0.25) is 0 Å². The van der Waals surface area contributed by atoms with Gasteiger partial charge in [0, 0.05) is 11.1 Å². The lowest BCUT2D eigenvalue weighted by Gasteiger charge is -2.17. The number of esters is 1. The Morgan fingerprint density at radius 2 is 1.32 bits per heavy atom. The SMILES string of the molecule is C[C@@H](O)[C@H](N=C(c1ccccc1)c1ccccc1)C(=O)OCc1ccccc1. The van der Waals surface area contributed by atoms with E-state index in [9.17, 15) is 9.90 Å². The molecule has 0 aromatic heterocycles. The summed E-state index contributed by atoms with van der Waals surface area (Å²) in [6.07, 6.45) is -0.981. The fourth-order valence-corrected chi connectivity index (χ4v) is 2.82. The fraction of sp³-hybridized carbons (Fsp3) is 0.167. The molecule has 0 saturated heterocycles. The van der Waals surface area contributed by atoms with Gasteiger partial charge in [0.25, 0.3) is 0 Å². The molecule has 4 heteroatoms. The Morgan fingerprint density at radius 1 is 0.857 bits per heavy atom. The van der Waals surface area contributed by atoms with E-state index in [0.717, 1.165) is 16.7 Å². The average Bonchev–Trinajstić information content (AvgIpc) is 2.74. The van der Waals surface area contributed by atoms with Crippen LogP contribution in [0.3, 0.4) is 0 Å². The van der Waals surface area contributed by atoms with Crippen molar-refractivity contribution in [2.24, 2.45) is 4.99 Å². The number of aliphatic imine (C=N–C) groups is 1. The molecule has 142 valence electrons. The van der Waals surface area contributed by atoms with Crippen molar-refractivity contribution in [3.05, 3.63) is 108 Å². The van der Waals surface area contributed by atoms with Gasteiger partial charge in [0.15, 0.2) is 6.04 Å². The first-order chi connectivity index (χ1) is 13.6. The number of nitrogens with zero attached hydrogens (tertiary/aromatic N) is 1. The van der Waals surface area contributed by atoms with Crippen molar-refractivity contribution in [2.75, 3.05) is 0 Å². The summed E-state index contributed by atoms with van der Waals surface area (Å²) in [7, 11) is 0. The highest BCUT2D eigenvalue weighted by atomic mass is 16.5. The minimum atomic E-state index is -1.01. The van der Waals surface area contributed by atoms with Crippen molar-refractivity contribution in [1.82, 2.24) is 0 Å². The number of ether oxygens (including phenoxy) is 1.